The number of nitro groups is 1. The van der Waals surface area contributed by atoms with Crippen molar-refractivity contribution >= 4 is 70.6 Å². The van der Waals surface area contributed by atoms with E-state index in [0.717, 1.165) is 0 Å². The minimum atomic E-state index is -3.95. The maximum atomic E-state index is 11.1. The average molecular weight is 473 g/mol. The van der Waals surface area contributed by atoms with Crippen molar-refractivity contribution in [3.8, 4) is 0 Å². The highest BCUT2D eigenvalue weighted by molar-refractivity contribution is 14.1. The van der Waals surface area contributed by atoms with Gasteiger partial charge in [-0.05, 0) is 57.3 Å². The lowest BCUT2D eigenvalue weighted by Gasteiger charge is -2.02. The smallest absolute Gasteiger partial charge is 0.258 e. The van der Waals surface area contributed by atoms with E-state index in [0.29, 0.717) is 3.57 Å². The van der Waals surface area contributed by atoms with E-state index in [4.69, 9.17) is 10.7 Å². The van der Waals surface area contributed by atoms with E-state index in [1.54, 1.807) is 45.2 Å². The maximum absolute atomic E-state index is 11.1. The summed E-state index contributed by atoms with van der Waals surface area (Å²) in [5, 5.41) is 10.7. The maximum Gasteiger partial charge on any atom is 0.297 e. The van der Waals surface area contributed by atoms with Crippen LogP contribution in [-0.2, 0) is 9.05 Å². The minimum absolute atomic E-state index is 0.0273. The molecule has 0 aromatic heterocycles. The zero-order valence-electron chi connectivity index (χ0n) is 6.78. The second kappa shape index (κ2) is 4.67. The molecule has 0 spiro atoms. The Morgan fingerprint density at radius 2 is 1.87 bits per heavy atom. The highest BCUT2D eigenvalue weighted by Gasteiger charge is 2.25. The summed E-state index contributed by atoms with van der Waals surface area (Å²) in [6.45, 7) is 0. The van der Waals surface area contributed by atoms with Gasteiger partial charge in [0.05, 0.1) is 8.49 Å². The van der Waals surface area contributed by atoms with E-state index >= 15 is 0 Å². The Kier molecular flexibility index (Phi) is 4.17. The highest BCUT2D eigenvalue weighted by Crippen LogP contribution is 2.33. The van der Waals surface area contributed by atoms with Crippen LogP contribution in [0.25, 0.3) is 0 Å². The number of nitrogens with zero attached hydrogens (tertiary/aromatic N) is 1. The van der Waals surface area contributed by atoms with Crippen LogP contribution in [0.2, 0.25) is 0 Å². The molecule has 1 rings (SSSR count). The monoisotopic (exact) mass is 473 g/mol. The number of nitro benzene ring substituents is 1. The van der Waals surface area contributed by atoms with Crippen molar-refractivity contribution in [1.82, 2.24) is 0 Å². The largest absolute Gasteiger partial charge is 0.297 e. The summed E-state index contributed by atoms with van der Waals surface area (Å²) < 4.78 is 22.5. The van der Waals surface area contributed by atoms with Crippen LogP contribution in [0.15, 0.2) is 17.0 Å². The van der Waals surface area contributed by atoms with Gasteiger partial charge in [0.15, 0.2) is 0 Å². The molecular weight excluding hydrogens is 471 g/mol. The standard InChI is InChI=1S/C6H2ClI2NO4S/c7-15(13,14)4-2-1-3(8)6(5(4)9)10(11)12/h1-2H. The number of hydrogen-bond donors (Lipinski definition) is 0. The third-order valence-corrected chi connectivity index (χ3v) is 5.17. The Hall–Kier alpha value is 0.320. The molecule has 1 aromatic rings. The Morgan fingerprint density at radius 3 is 2.27 bits per heavy atom. The first-order chi connectivity index (χ1) is 6.75. The molecule has 0 aliphatic carbocycles. The molecule has 1 aromatic carbocycles. The average Bonchev–Trinajstić information content (AvgIpc) is 2.00. The van der Waals surface area contributed by atoms with Crippen molar-refractivity contribution in [3.63, 3.8) is 0 Å². The predicted molar refractivity (Wildman–Crippen MR) is 71.6 cm³/mol. The van der Waals surface area contributed by atoms with Crippen molar-refractivity contribution < 1.29 is 13.3 Å². The highest BCUT2D eigenvalue weighted by atomic mass is 127. The fourth-order valence-corrected chi connectivity index (χ4v) is 4.90. The number of hydrogen-bond acceptors (Lipinski definition) is 4. The number of benzene rings is 1. The van der Waals surface area contributed by atoms with E-state index in [1.807, 2.05) is 0 Å². The van der Waals surface area contributed by atoms with Crippen molar-refractivity contribution in [1.29, 1.82) is 0 Å². The van der Waals surface area contributed by atoms with Crippen molar-refractivity contribution in [2.75, 3.05) is 0 Å². The summed E-state index contributed by atoms with van der Waals surface area (Å²) in [6, 6.07) is 2.59. The van der Waals surface area contributed by atoms with Crippen molar-refractivity contribution in [2.24, 2.45) is 0 Å². The van der Waals surface area contributed by atoms with Crippen LogP contribution in [0.4, 0.5) is 5.69 Å². The molecule has 0 N–H and O–H groups in total. The minimum Gasteiger partial charge on any atom is -0.258 e. The van der Waals surface area contributed by atoms with Gasteiger partial charge in [0.1, 0.15) is 8.47 Å². The van der Waals surface area contributed by atoms with Gasteiger partial charge in [-0.1, -0.05) is 0 Å². The first-order valence-electron chi connectivity index (χ1n) is 3.32. The van der Waals surface area contributed by atoms with Crippen molar-refractivity contribution in [2.45, 2.75) is 4.90 Å². The lowest BCUT2D eigenvalue weighted by Crippen LogP contribution is -2.01. The van der Waals surface area contributed by atoms with E-state index in [2.05, 4.69) is 0 Å². The van der Waals surface area contributed by atoms with Gasteiger partial charge in [-0.2, -0.15) is 0 Å². The summed E-state index contributed by atoms with van der Waals surface area (Å²) in [5.74, 6) is 0. The van der Waals surface area contributed by atoms with Gasteiger partial charge in [-0.25, -0.2) is 8.42 Å². The summed E-state index contributed by atoms with van der Waals surface area (Å²) in [6.07, 6.45) is 0. The fourth-order valence-electron chi connectivity index (χ4n) is 0.878. The van der Waals surface area contributed by atoms with E-state index < -0.39 is 14.0 Å². The normalized spacial score (nSPS) is 11.4. The van der Waals surface area contributed by atoms with Crippen LogP contribution in [0.3, 0.4) is 0 Å². The zero-order chi connectivity index (χ0) is 11.8. The molecule has 82 valence electrons. The van der Waals surface area contributed by atoms with Crippen LogP contribution in [0.5, 0.6) is 0 Å². The van der Waals surface area contributed by atoms with Crippen LogP contribution in [-0.4, -0.2) is 13.3 Å². The molecule has 0 bridgehead atoms. The number of halogens is 3. The SMILES string of the molecule is O=[N+]([O-])c1c(I)ccc(S(=O)(=O)Cl)c1I. The molecule has 15 heavy (non-hydrogen) atoms. The zero-order valence-corrected chi connectivity index (χ0v) is 12.7. The van der Waals surface area contributed by atoms with E-state index in [-0.39, 0.29) is 14.2 Å². The summed E-state index contributed by atoms with van der Waals surface area (Å²) in [7, 11) is 1.19. The molecule has 5 nitrogen and oxygen atoms in total. The molecule has 0 aliphatic rings. The van der Waals surface area contributed by atoms with Crippen LogP contribution >= 0.6 is 55.9 Å². The van der Waals surface area contributed by atoms with Gasteiger partial charge in [0.25, 0.3) is 14.7 Å². The quantitative estimate of drug-likeness (QED) is 0.287. The molecule has 0 fully saturated rings. The van der Waals surface area contributed by atoms with Gasteiger partial charge in [-0.3, -0.25) is 10.1 Å². The Balaban J connectivity index is 3.64. The van der Waals surface area contributed by atoms with Crippen molar-refractivity contribution in [3.05, 3.63) is 29.4 Å². The summed E-state index contributed by atoms with van der Waals surface area (Å²) in [4.78, 5) is 9.81. The van der Waals surface area contributed by atoms with Crippen LogP contribution in [0.1, 0.15) is 0 Å². The first kappa shape index (κ1) is 13.4. The van der Waals surface area contributed by atoms with Gasteiger partial charge >= 0.3 is 0 Å². The molecule has 9 heteroatoms. The Bertz CT molecular complexity index is 530. The lowest BCUT2D eigenvalue weighted by atomic mass is 10.3. The molecular formula is C6H2ClI2NO4S. The third kappa shape index (κ3) is 2.91. The van der Waals surface area contributed by atoms with E-state index in [9.17, 15) is 18.5 Å². The molecule has 0 radical (unpaired) electrons. The molecule has 0 saturated heterocycles. The molecule has 0 unspecified atom stereocenters. The molecule has 0 saturated carbocycles. The van der Waals surface area contributed by atoms with Gasteiger partial charge < -0.3 is 0 Å². The molecule has 0 aliphatic heterocycles. The predicted octanol–water partition coefficient (Wildman–Crippen LogP) is 2.73. The first-order valence-corrected chi connectivity index (χ1v) is 7.79. The fraction of sp³-hybridized carbons (Fsp3) is 0. The lowest BCUT2D eigenvalue weighted by molar-refractivity contribution is -0.387. The topological polar surface area (TPSA) is 77.3 Å². The van der Waals surface area contributed by atoms with Gasteiger partial charge in [-0.15, -0.1) is 0 Å². The molecule has 0 heterocycles. The summed E-state index contributed by atoms with van der Waals surface area (Å²) in [5.41, 5.74) is -0.238. The third-order valence-electron chi connectivity index (χ3n) is 1.48. The van der Waals surface area contributed by atoms with Gasteiger partial charge in [0, 0.05) is 10.7 Å². The Labute approximate surface area is 117 Å². The molecule has 0 atom stereocenters. The second-order valence-corrected chi connectivity index (χ2v) is 7.18. The summed E-state index contributed by atoms with van der Waals surface area (Å²) >= 11 is 3.36. The van der Waals surface area contributed by atoms with Crippen LogP contribution in [0, 0.1) is 17.3 Å². The van der Waals surface area contributed by atoms with Gasteiger partial charge in [0.2, 0.25) is 0 Å². The Morgan fingerprint density at radius 1 is 1.33 bits per heavy atom. The number of rotatable bonds is 2. The van der Waals surface area contributed by atoms with Crippen LogP contribution < -0.4 is 0 Å². The van der Waals surface area contributed by atoms with E-state index in [1.165, 1.54) is 12.1 Å². The molecule has 0 amide bonds. The second-order valence-electron chi connectivity index (χ2n) is 2.40.